The van der Waals surface area contributed by atoms with Crippen LogP contribution in [0.15, 0.2) is 48.5 Å². The van der Waals surface area contributed by atoms with Crippen molar-refractivity contribution in [2.75, 3.05) is 20.3 Å². The van der Waals surface area contributed by atoms with Crippen LogP contribution >= 0.6 is 11.7 Å². The van der Waals surface area contributed by atoms with Gasteiger partial charge in [0.1, 0.15) is 22.5 Å². The number of rotatable bonds is 10. The molecule has 39 heavy (non-hydrogen) atoms. The van der Waals surface area contributed by atoms with Crippen LogP contribution in [-0.2, 0) is 13.0 Å². The number of hydrogen-bond acceptors (Lipinski definition) is 7. The molecule has 0 fully saturated rings. The largest absolute Gasteiger partial charge is 0.493 e. The van der Waals surface area contributed by atoms with Crippen LogP contribution in [0.25, 0.3) is 33.1 Å². The lowest BCUT2D eigenvalue weighted by Crippen LogP contribution is -2.10. The molecule has 6 rings (SSSR count). The van der Waals surface area contributed by atoms with Crippen molar-refractivity contribution in [1.29, 1.82) is 0 Å². The van der Waals surface area contributed by atoms with Gasteiger partial charge in [-0.05, 0) is 53.4 Å². The van der Waals surface area contributed by atoms with Gasteiger partial charge in [-0.25, -0.2) is 4.79 Å². The van der Waals surface area contributed by atoms with Gasteiger partial charge in [0.15, 0.2) is 11.5 Å². The second-order valence-electron chi connectivity index (χ2n) is 9.70. The molecule has 0 saturated heterocycles. The fraction of sp³-hybridized carbons (Fsp3) is 0.300. The molecule has 0 saturated carbocycles. The Morgan fingerprint density at radius 3 is 2.77 bits per heavy atom. The van der Waals surface area contributed by atoms with Crippen molar-refractivity contribution < 1.29 is 24.1 Å². The zero-order valence-corrected chi connectivity index (χ0v) is 22.7. The van der Waals surface area contributed by atoms with Gasteiger partial charge in [0.05, 0.1) is 37.6 Å². The Morgan fingerprint density at radius 2 is 1.95 bits per heavy atom. The molecule has 0 spiro atoms. The van der Waals surface area contributed by atoms with E-state index in [-0.39, 0.29) is 5.69 Å². The fourth-order valence-electron chi connectivity index (χ4n) is 5.29. The number of fused-ring (bicyclic) bond motifs is 3. The normalized spacial score (nSPS) is 12.6. The summed E-state index contributed by atoms with van der Waals surface area (Å²) < 4.78 is 28.1. The summed E-state index contributed by atoms with van der Waals surface area (Å²) in [6, 6.07) is 15.6. The molecule has 5 aromatic rings. The van der Waals surface area contributed by atoms with Crippen LogP contribution in [0.2, 0.25) is 0 Å². The predicted octanol–water partition coefficient (Wildman–Crippen LogP) is 6.57. The summed E-state index contributed by atoms with van der Waals surface area (Å²) in [7, 11) is 1.61. The van der Waals surface area contributed by atoms with Crippen molar-refractivity contribution in [3.63, 3.8) is 0 Å². The van der Waals surface area contributed by atoms with Gasteiger partial charge in [0.25, 0.3) is 0 Å². The van der Waals surface area contributed by atoms with Crippen LogP contribution in [0.4, 0.5) is 0 Å². The smallest absolute Gasteiger partial charge is 0.353 e. The molecule has 1 aliphatic heterocycles. The highest BCUT2D eigenvalue weighted by molar-refractivity contribution is 7.00. The van der Waals surface area contributed by atoms with Crippen molar-refractivity contribution in [3.8, 4) is 28.4 Å². The van der Waals surface area contributed by atoms with Gasteiger partial charge in [-0.1, -0.05) is 31.9 Å². The molecule has 0 amide bonds. The Morgan fingerprint density at radius 1 is 1.08 bits per heavy atom. The average Bonchev–Trinajstić information content (AvgIpc) is 3.67. The first-order valence-electron chi connectivity index (χ1n) is 13.1. The van der Waals surface area contributed by atoms with Crippen molar-refractivity contribution in [1.82, 2.24) is 13.3 Å². The second kappa shape index (κ2) is 10.6. The zero-order valence-electron chi connectivity index (χ0n) is 21.9. The predicted molar refractivity (Wildman–Crippen MR) is 152 cm³/mol. The monoisotopic (exact) mass is 543 g/mol. The quantitative estimate of drug-likeness (QED) is 0.199. The first kappa shape index (κ1) is 25.2. The Labute approximate surface area is 230 Å². The molecule has 0 unspecified atom stereocenters. The Balaban J connectivity index is 1.56. The fourth-order valence-corrected chi connectivity index (χ4v) is 5.81. The number of aromatic nitrogens is 3. The molecule has 3 aromatic carbocycles. The van der Waals surface area contributed by atoms with Crippen molar-refractivity contribution in [2.24, 2.45) is 0 Å². The van der Waals surface area contributed by atoms with Crippen molar-refractivity contribution in [2.45, 2.75) is 39.2 Å². The van der Waals surface area contributed by atoms with Gasteiger partial charge in [0, 0.05) is 30.0 Å². The highest BCUT2D eigenvalue weighted by Crippen LogP contribution is 2.43. The van der Waals surface area contributed by atoms with E-state index in [0.29, 0.717) is 36.8 Å². The van der Waals surface area contributed by atoms with Gasteiger partial charge in [-0.3, -0.25) is 0 Å². The molecule has 3 heterocycles. The van der Waals surface area contributed by atoms with Crippen LogP contribution in [0.1, 0.15) is 47.8 Å². The van der Waals surface area contributed by atoms with E-state index in [2.05, 4.69) is 15.7 Å². The maximum Gasteiger partial charge on any atom is 0.353 e. The zero-order chi connectivity index (χ0) is 26.9. The number of carboxylic acid groups (broad SMARTS) is 1. The highest BCUT2D eigenvalue weighted by Gasteiger charge is 2.27. The van der Waals surface area contributed by atoms with Crippen LogP contribution in [0, 0.1) is 0 Å². The van der Waals surface area contributed by atoms with E-state index in [9.17, 15) is 9.90 Å². The molecule has 1 N–H and O–H groups in total. The van der Waals surface area contributed by atoms with Gasteiger partial charge >= 0.3 is 5.97 Å². The van der Waals surface area contributed by atoms with Crippen molar-refractivity contribution >= 4 is 39.6 Å². The number of ether oxygens (including phenoxy) is 3. The van der Waals surface area contributed by atoms with Crippen LogP contribution in [0.3, 0.4) is 0 Å². The molecule has 2 aromatic heterocycles. The first-order valence-corrected chi connectivity index (χ1v) is 13.9. The topological polar surface area (TPSA) is 95.7 Å². The molecule has 1 aliphatic rings. The number of nitrogens with zero attached hydrogens (tertiary/aromatic N) is 3. The minimum atomic E-state index is -1.00. The minimum absolute atomic E-state index is 0.213. The Bertz CT molecular complexity index is 1690. The van der Waals surface area contributed by atoms with Crippen LogP contribution in [0.5, 0.6) is 17.2 Å². The summed E-state index contributed by atoms with van der Waals surface area (Å²) in [5, 5.41) is 11.4. The van der Waals surface area contributed by atoms with Crippen LogP contribution < -0.4 is 14.2 Å². The minimum Gasteiger partial charge on any atom is -0.493 e. The van der Waals surface area contributed by atoms with E-state index in [1.807, 2.05) is 53.1 Å². The Hall–Kier alpha value is -4.11. The maximum atomic E-state index is 12.9. The van der Waals surface area contributed by atoms with E-state index in [4.69, 9.17) is 14.2 Å². The molecule has 200 valence electrons. The molecular formula is C30H29N3O5S. The standard InChI is InChI=1S/C30H29N3O5S/c1-3-4-5-11-37-27-16-24-21(15-26(27)36-2)28(20-7-9-25-19(14-20)10-12-38-25)29(30(34)35)33(24)17-18-6-8-22-23(13-18)32-39-31-22/h6-9,13-16H,3-5,10-12,17H2,1-2H3,(H,34,35). The second-order valence-corrected chi connectivity index (χ2v) is 10.2. The highest BCUT2D eigenvalue weighted by atomic mass is 32.1. The van der Waals surface area contributed by atoms with E-state index in [1.165, 1.54) is 0 Å². The Kier molecular flexibility index (Phi) is 6.83. The first-order chi connectivity index (χ1) is 19.1. The molecule has 0 aliphatic carbocycles. The lowest BCUT2D eigenvalue weighted by atomic mass is 9.98. The van der Waals surface area contributed by atoms with E-state index in [0.717, 1.165) is 81.8 Å². The third-order valence-corrected chi connectivity index (χ3v) is 7.75. The van der Waals surface area contributed by atoms with Gasteiger partial charge in [-0.15, -0.1) is 0 Å². The third-order valence-electron chi connectivity index (χ3n) is 7.19. The molecule has 0 atom stereocenters. The molecular weight excluding hydrogens is 514 g/mol. The lowest BCUT2D eigenvalue weighted by Gasteiger charge is -2.13. The lowest BCUT2D eigenvalue weighted by molar-refractivity contribution is 0.0687. The summed E-state index contributed by atoms with van der Waals surface area (Å²) in [4.78, 5) is 12.9. The van der Waals surface area contributed by atoms with E-state index >= 15 is 0 Å². The third kappa shape index (κ3) is 4.67. The average molecular weight is 544 g/mol. The summed E-state index contributed by atoms with van der Waals surface area (Å²) in [5.41, 5.74) is 6.10. The van der Waals surface area contributed by atoms with Gasteiger partial charge in [-0.2, -0.15) is 8.75 Å². The summed E-state index contributed by atoms with van der Waals surface area (Å²) in [5.74, 6) is 1.03. The SMILES string of the molecule is CCCCCOc1cc2c(cc1OC)c(-c1ccc3c(c1)CCO3)c(C(=O)O)n2Cc1ccc2nsnc2c1. The number of carboxylic acids is 1. The number of carbonyl (C=O) groups is 1. The molecule has 0 bridgehead atoms. The number of unbranched alkanes of at least 4 members (excludes halogenated alkanes) is 2. The summed E-state index contributed by atoms with van der Waals surface area (Å²) >= 11 is 1.16. The van der Waals surface area contributed by atoms with E-state index in [1.54, 1.807) is 7.11 Å². The summed E-state index contributed by atoms with van der Waals surface area (Å²) in [6.07, 6.45) is 3.90. The van der Waals surface area contributed by atoms with Crippen molar-refractivity contribution in [3.05, 3.63) is 65.4 Å². The van der Waals surface area contributed by atoms with Crippen LogP contribution in [-0.4, -0.2) is 44.7 Å². The van der Waals surface area contributed by atoms with E-state index < -0.39 is 5.97 Å². The number of aromatic carboxylic acids is 1. The molecule has 9 heteroatoms. The van der Waals surface area contributed by atoms with Gasteiger partial charge < -0.3 is 23.9 Å². The summed E-state index contributed by atoms with van der Waals surface area (Å²) in [6.45, 7) is 3.69. The molecule has 8 nitrogen and oxygen atoms in total. The number of methoxy groups -OCH3 is 1. The molecule has 0 radical (unpaired) electrons. The number of hydrogen-bond donors (Lipinski definition) is 1. The van der Waals surface area contributed by atoms with Gasteiger partial charge in [0.2, 0.25) is 0 Å². The number of benzene rings is 3. The maximum absolute atomic E-state index is 12.9.